The lowest BCUT2D eigenvalue weighted by Gasteiger charge is -2.18. The highest BCUT2D eigenvalue weighted by Crippen LogP contribution is 2.24. The van der Waals surface area contributed by atoms with Crippen LogP contribution in [-0.2, 0) is 6.42 Å². The molecule has 0 aliphatic carbocycles. The monoisotopic (exact) mass is 294 g/mol. The first-order chi connectivity index (χ1) is 10.8. The number of para-hydroxylation sites is 1. The normalized spacial score (nSPS) is 15.0. The molecule has 1 heterocycles. The number of nitrogens with zero attached hydrogens (tertiary/aromatic N) is 1. The minimum Gasteiger partial charge on any atom is -0.492 e. The number of amides is 1. The van der Waals surface area contributed by atoms with Gasteiger partial charge in [0.2, 0.25) is 0 Å². The van der Waals surface area contributed by atoms with E-state index in [0.29, 0.717) is 18.6 Å². The highest BCUT2D eigenvalue weighted by atomic mass is 16.5. The van der Waals surface area contributed by atoms with Gasteiger partial charge in [-0.05, 0) is 36.2 Å². The number of hydrogen-bond donors (Lipinski definition) is 1. The number of nitrogens with one attached hydrogen (secondary N) is 1. The van der Waals surface area contributed by atoms with E-state index in [1.165, 1.54) is 5.56 Å². The highest BCUT2D eigenvalue weighted by Gasteiger charge is 2.16. The van der Waals surface area contributed by atoms with Crippen molar-refractivity contribution >= 4 is 11.6 Å². The Kier molecular flexibility index (Phi) is 4.19. The van der Waals surface area contributed by atoms with Crippen molar-refractivity contribution in [1.82, 2.24) is 5.43 Å². The molecule has 0 atom stereocenters. The van der Waals surface area contributed by atoms with Crippen LogP contribution in [0.25, 0.3) is 0 Å². The number of rotatable bonds is 3. The molecule has 0 aromatic heterocycles. The number of hydrogen-bond acceptors (Lipinski definition) is 3. The zero-order valence-electron chi connectivity index (χ0n) is 12.5. The Morgan fingerprint density at radius 2 is 1.95 bits per heavy atom. The molecule has 0 radical (unpaired) electrons. The summed E-state index contributed by atoms with van der Waals surface area (Å²) >= 11 is 0. The van der Waals surface area contributed by atoms with Crippen LogP contribution >= 0.6 is 0 Å². The molecule has 0 spiro atoms. The second-order valence-corrected chi connectivity index (χ2v) is 5.14. The summed E-state index contributed by atoms with van der Waals surface area (Å²) in [7, 11) is 0. The van der Waals surface area contributed by atoms with Crippen molar-refractivity contribution < 1.29 is 9.53 Å². The van der Waals surface area contributed by atoms with Gasteiger partial charge in [-0.1, -0.05) is 31.2 Å². The molecule has 0 saturated carbocycles. The summed E-state index contributed by atoms with van der Waals surface area (Å²) in [6.07, 6.45) is 1.65. The van der Waals surface area contributed by atoms with Crippen LogP contribution in [0.5, 0.6) is 5.75 Å². The third-order valence-corrected chi connectivity index (χ3v) is 3.71. The number of aryl methyl sites for hydroxylation is 1. The zero-order chi connectivity index (χ0) is 15.4. The maximum absolute atomic E-state index is 12.1. The van der Waals surface area contributed by atoms with E-state index in [1.807, 2.05) is 48.5 Å². The molecule has 2 aromatic rings. The molecule has 0 fully saturated rings. The number of ether oxygens (including phenoxy) is 1. The quantitative estimate of drug-likeness (QED) is 0.884. The molecule has 1 amide bonds. The van der Waals surface area contributed by atoms with E-state index in [0.717, 1.165) is 23.4 Å². The summed E-state index contributed by atoms with van der Waals surface area (Å²) < 4.78 is 5.58. The van der Waals surface area contributed by atoms with Crippen molar-refractivity contribution in [3.05, 3.63) is 65.2 Å². The van der Waals surface area contributed by atoms with Crippen molar-refractivity contribution in [1.29, 1.82) is 0 Å². The summed E-state index contributed by atoms with van der Waals surface area (Å²) in [5, 5.41) is 4.28. The lowest BCUT2D eigenvalue weighted by atomic mass is 10.0. The Bertz CT molecular complexity index is 705. The van der Waals surface area contributed by atoms with E-state index in [1.54, 1.807) is 0 Å². The summed E-state index contributed by atoms with van der Waals surface area (Å²) in [6, 6.07) is 15.3. The van der Waals surface area contributed by atoms with E-state index in [2.05, 4.69) is 17.5 Å². The second kappa shape index (κ2) is 6.43. The molecule has 0 bridgehead atoms. The number of carbonyl (C=O) groups is 1. The lowest BCUT2D eigenvalue weighted by molar-refractivity contribution is 0.0954. The van der Waals surface area contributed by atoms with Crippen LogP contribution < -0.4 is 10.2 Å². The van der Waals surface area contributed by atoms with Gasteiger partial charge in [-0.15, -0.1) is 0 Å². The molecule has 3 rings (SSSR count). The Labute approximate surface area is 129 Å². The van der Waals surface area contributed by atoms with E-state index >= 15 is 0 Å². The fourth-order valence-electron chi connectivity index (χ4n) is 2.41. The van der Waals surface area contributed by atoms with Crippen LogP contribution in [0.4, 0.5) is 0 Å². The maximum atomic E-state index is 12.1. The average Bonchev–Trinajstić information content (AvgIpc) is 2.59. The van der Waals surface area contributed by atoms with Crippen LogP contribution in [0, 0.1) is 0 Å². The predicted octanol–water partition coefficient (Wildman–Crippen LogP) is 3.17. The number of benzene rings is 2. The standard InChI is InChI=1S/C18H18N2O2/c1-2-13-7-9-14(10-8-13)18(21)20-19-16-11-12-22-17-6-4-3-5-15(16)17/h3-10H,2,11-12H2,1H3,(H,20,21)/b19-16-. The largest absolute Gasteiger partial charge is 0.492 e. The molecule has 1 aliphatic heterocycles. The van der Waals surface area contributed by atoms with Gasteiger partial charge >= 0.3 is 0 Å². The van der Waals surface area contributed by atoms with Gasteiger partial charge in [-0.3, -0.25) is 4.79 Å². The molecule has 4 nitrogen and oxygen atoms in total. The lowest BCUT2D eigenvalue weighted by Crippen LogP contribution is -2.23. The minimum atomic E-state index is -0.195. The van der Waals surface area contributed by atoms with Crippen molar-refractivity contribution in [3.8, 4) is 5.75 Å². The molecular weight excluding hydrogens is 276 g/mol. The van der Waals surface area contributed by atoms with Crippen LogP contribution in [0.15, 0.2) is 53.6 Å². The third-order valence-electron chi connectivity index (χ3n) is 3.71. The van der Waals surface area contributed by atoms with Gasteiger partial charge in [-0.2, -0.15) is 5.10 Å². The SMILES string of the molecule is CCc1ccc(C(=O)N/N=C2/CCOc3ccccc32)cc1. The van der Waals surface area contributed by atoms with Crippen LogP contribution in [-0.4, -0.2) is 18.2 Å². The zero-order valence-corrected chi connectivity index (χ0v) is 12.5. The summed E-state index contributed by atoms with van der Waals surface area (Å²) in [6.45, 7) is 2.67. The Morgan fingerprint density at radius 1 is 1.18 bits per heavy atom. The van der Waals surface area contributed by atoms with Crippen molar-refractivity contribution in [2.75, 3.05) is 6.61 Å². The molecule has 0 unspecified atom stereocenters. The average molecular weight is 294 g/mol. The molecule has 2 aromatic carbocycles. The molecule has 1 N–H and O–H groups in total. The van der Waals surface area contributed by atoms with Crippen molar-refractivity contribution in [2.45, 2.75) is 19.8 Å². The van der Waals surface area contributed by atoms with Gasteiger partial charge in [0.15, 0.2) is 0 Å². The van der Waals surface area contributed by atoms with E-state index in [-0.39, 0.29) is 5.91 Å². The smallest absolute Gasteiger partial charge is 0.271 e. The Hall–Kier alpha value is -2.62. The van der Waals surface area contributed by atoms with Gasteiger partial charge < -0.3 is 4.74 Å². The first-order valence-corrected chi connectivity index (χ1v) is 7.46. The molecule has 112 valence electrons. The fourth-order valence-corrected chi connectivity index (χ4v) is 2.41. The van der Waals surface area contributed by atoms with Crippen molar-refractivity contribution in [2.24, 2.45) is 5.10 Å². The van der Waals surface area contributed by atoms with Crippen LogP contribution in [0.1, 0.15) is 34.8 Å². The molecule has 1 aliphatic rings. The van der Waals surface area contributed by atoms with Gasteiger partial charge in [0.1, 0.15) is 5.75 Å². The molecule has 4 heteroatoms. The third kappa shape index (κ3) is 3.01. The van der Waals surface area contributed by atoms with Gasteiger partial charge in [0.05, 0.1) is 12.3 Å². The predicted molar refractivity (Wildman–Crippen MR) is 86.4 cm³/mol. The fraction of sp³-hybridized carbons (Fsp3) is 0.222. The molecule has 22 heavy (non-hydrogen) atoms. The highest BCUT2D eigenvalue weighted by molar-refractivity contribution is 6.04. The van der Waals surface area contributed by atoms with E-state index in [9.17, 15) is 4.79 Å². The first kappa shape index (κ1) is 14.3. The van der Waals surface area contributed by atoms with E-state index < -0.39 is 0 Å². The topological polar surface area (TPSA) is 50.7 Å². The summed E-state index contributed by atoms with van der Waals surface area (Å²) in [5.41, 5.74) is 6.25. The van der Waals surface area contributed by atoms with Gasteiger partial charge in [0, 0.05) is 17.5 Å². The number of fused-ring (bicyclic) bond motifs is 1. The summed E-state index contributed by atoms with van der Waals surface area (Å²) in [5.74, 6) is 0.619. The minimum absolute atomic E-state index is 0.195. The number of carbonyl (C=O) groups excluding carboxylic acids is 1. The molecular formula is C18H18N2O2. The Balaban J connectivity index is 1.75. The summed E-state index contributed by atoms with van der Waals surface area (Å²) in [4.78, 5) is 12.1. The number of hydrazone groups is 1. The maximum Gasteiger partial charge on any atom is 0.271 e. The van der Waals surface area contributed by atoms with Crippen molar-refractivity contribution in [3.63, 3.8) is 0 Å². The molecule has 0 saturated heterocycles. The van der Waals surface area contributed by atoms with Gasteiger partial charge in [-0.25, -0.2) is 5.43 Å². The Morgan fingerprint density at radius 3 is 2.73 bits per heavy atom. The van der Waals surface area contributed by atoms with Crippen LogP contribution in [0.2, 0.25) is 0 Å². The van der Waals surface area contributed by atoms with E-state index in [4.69, 9.17) is 4.74 Å². The van der Waals surface area contributed by atoms with Gasteiger partial charge in [0.25, 0.3) is 5.91 Å². The second-order valence-electron chi connectivity index (χ2n) is 5.14. The first-order valence-electron chi connectivity index (χ1n) is 7.46. The van der Waals surface area contributed by atoms with Crippen LogP contribution in [0.3, 0.4) is 0 Å².